The lowest BCUT2D eigenvalue weighted by atomic mass is 9.83. The highest BCUT2D eigenvalue weighted by atomic mass is 16.2. The molecule has 6 heteroatoms. The van der Waals surface area contributed by atoms with Crippen LogP contribution in [0, 0.1) is 5.92 Å². The Morgan fingerprint density at radius 1 is 1.17 bits per heavy atom. The molecule has 4 aliphatic rings. The number of H-pyrrole nitrogens is 1. The Labute approximate surface area is 143 Å². The van der Waals surface area contributed by atoms with Gasteiger partial charge in [0.15, 0.2) is 5.69 Å². The molecule has 2 unspecified atom stereocenters. The fourth-order valence-electron chi connectivity index (χ4n) is 5.04. The predicted octanol–water partition coefficient (Wildman–Crippen LogP) is 1.14. The molecular formula is C18H27N5O. The second-order valence-corrected chi connectivity index (χ2v) is 7.93. The Balaban J connectivity index is 1.32. The van der Waals surface area contributed by atoms with E-state index in [1.54, 1.807) is 0 Å². The molecule has 4 heterocycles. The van der Waals surface area contributed by atoms with Crippen molar-refractivity contribution in [2.75, 3.05) is 26.2 Å². The summed E-state index contributed by atoms with van der Waals surface area (Å²) in [5, 5.41) is 10.8. The number of nitrogens with zero attached hydrogens (tertiary/aromatic N) is 3. The monoisotopic (exact) mass is 329 g/mol. The third-order valence-electron chi connectivity index (χ3n) is 6.42. The fourth-order valence-corrected chi connectivity index (χ4v) is 5.04. The molecule has 6 nitrogen and oxygen atoms in total. The van der Waals surface area contributed by atoms with Crippen LogP contribution in [0.5, 0.6) is 0 Å². The predicted molar refractivity (Wildman–Crippen MR) is 90.8 cm³/mol. The number of nitrogens with one attached hydrogen (secondary N) is 2. The van der Waals surface area contributed by atoms with Gasteiger partial charge in [-0.05, 0) is 44.6 Å². The number of carbonyl (C=O) groups is 1. The van der Waals surface area contributed by atoms with E-state index in [2.05, 4.69) is 25.3 Å². The SMILES string of the molecule is O=C(c1n[nH]c2c1CNCC2)N1CCC2C(CCCN2C2CC2)C1. The van der Waals surface area contributed by atoms with Crippen molar-refractivity contribution < 1.29 is 4.79 Å². The molecule has 1 aromatic rings. The maximum absolute atomic E-state index is 13.0. The Hall–Kier alpha value is -1.40. The number of likely N-dealkylation sites (tertiary alicyclic amines) is 2. The van der Waals surface area contributed by atoms with E-state index < -0.39 is 0 Å². The molecule has 3 fully saturated rings. The minimum Gasteiger partial charge on any atom is -0.337 e. The average Bonchev–Trinajstić information content (AvgIpc) is 3.39. The van der Waals surface area contributed by atoms with E-state index in [1.165, 1.54) is 32.2 Å². The van der Waals surface area contributed by atoms with Crippen LogP contribution in [0.15, 0.2) is 0 Å². The molecule has 1 aromatic heterocycles. The molecule has 24 heavy (non-hydrogen) atoms. The van der Waals surface area contributed by atoms with Crippen molar-refractivity contribution >= 4 is 5.91 Å². The summed E-state index contributed by atoms with van der Waals surface area (Å²) in [7, 11) is 0. The third kappa shape index (κ3) is 2.47. The minimum absolute atomic E-state index is 0.137. The van der Waals surface area contributed by atoms with Gasteiger partial charge in [-0.25, -0.2) is 0 Å². The van der Waals surface area contributed by atoms with Crippen LogP contribution in [0.25, 0.3) is 0 Å². The van der Waals surface area contributed by atoms with E-state index in [-0.39, 0.29) is 5.91 Å². The smallest absolute Gasteiger partial charge is 0.274 e. The van der Waals surface area contributed by atoms with Crippen molar-refractivity contribution in [2.45, 2.75) is 57.2 Å². The summed E-state index contributed by atoms with van der Waals surface area (Å²) < 4.78 is 0. The highest BCUT2D eigenvalue weighted by Crippen LogP contribution is 2.38. The van der Waals surface area contributed by atoms with Crippen molar-refractivity contribution in [1.82, 2.24) is 25.3 Å². The van der Waals surface area contributed by atoms with Crippen LogP contribution in [0.1, 0.15) is 53.8 Å². The number of rotatable bonds is 2. The molecule has 1 amide bonds. The Bertz CT molecular complexity index is 637. The van der Waals surface area contributed by atoms with Gasteiger partial charge in [-0.2, -0.15) is 5.10 Å². The molecule has 1 saturated carbocycles. The van der Waals surface area contributed by atoms with Crippen LogP contribution in [0.3, 0.4) is 0 Å². The number of aromatic amines is 1. The van der Waals surface area contributed by atoms with E-state index in [1.807, 2.05) is 0 Å². The fraction of sp³-hybridized carbons (Fsp3) is 0.778. The first-order valence-electron chi connectivity index (χ1n) is 9.63. The van der Waals surface area contributed by atoms with E-state index in [0.29, 0.717) is 17.7 Å². The van der Waals surface area contributed by atoms with Crippen molar-refractivity contribution in [3.63, 3.8) is 0 Å². The number of piperidine rings is 2. The number of hydrogen-bond donors (Lipinski definition) is 2. The molecule has 0 bridgehead atoms. The molecular weight excluding hydrogens is 302 g/mol. The molecule has 0 aromatic carbocycles. The zero-order valence-electron chi connectivity index (χ0n) is 14.3. The second kappa shape index (κ2) is 5.85. The standard InChI is InChI=1S/C18H27N5O/c24-18(17-14-10-19-7-5-15(14)20-21-17)22-9-6-16-12(11-22)2-1-8-23(16)13-3-4-13/h12-13,16,19H,1-11H2,(H,20,21). The highest BCUT2D eigenvalue weighted by molar-refractivity contribution is 5.94. The van der Waals surface area contributed by atoms with Gasteiger partial charge in [0.1, 0.15) is 0 Å². The zero-order valence-corrected chi connectivity index (χ0v) is 14.3. The van der Waals surface area contributed by atoms with Gasteiger partial charge in [-0.3, -0.25) is 14.8 Å². The van der Waals surface area contributed by atoms with E-state index in [4.69, 9.17) is 0 Å². The molecule has 130 valence electrons. The normalized spacial score (nSPS) is 30.8. The van der Waals surface area contributed by atoms with Crippen LogP contribution >= 0.6 is 0 Å². The van der Waals surface area contributed by atoms with Gasteiger partial charge in [0.25, 0.3) is 5.91 Å². The minimum atomic E-state index is 0.137. The maximum atomic E-state index is 13.0. The van der Waals surface area contributed by atoms with Crippen LogP contribution in [-0.4, -0.2) is 64.2 Å². The van der Waals surface area contributed by atoms with Gasteiger partial charge in [-0.1, -0.05) is 0 Å². The zero-order chi connectivity index (χ0) is 16.1. The van der Waals surface area contributed by atoms with Crippen molar-refractivity contribution in [3.05, 3.63) is 17.0 Å². The van der Waals surface area contributed by atoms with Crippen LogP contribution in [0.4, 0.5) is 0 Å². The summed E-state index contributed by atoms with van der Waals surface area (Å²) in [6.45, 7) is 4.81. The summed E-state index contributed by atoms with van der Waals surface area (Å²) in [6.07, 6.45) is 7.42. The topological polar surface area (TPSA) is 64.3 Å². The van der Waals surface area contributed by atoms with Crippen molar-refractivity contribution in [2.24, 2.45) is 5.92 Å². The quantitative estimate of drug-likeness (QED) is 0.854. The van der Waals surface area contributed by atoms with Gasteiger partial charge in [0.2, 0.25) is 0 Å². The Kier molecular flexibility index (Phi) is 3.63. The molecule has 2 atom stereocenters. The molecule has 5 rings (SSSR count). The van der Waals surface area contributed by atoms with Crippen LogP contribution in [-0.2, 0) is 13.0 Å². The van der Waals surface area contributed by atoms with Gasteiger partial charge >= 0.3 is 0 Å². The second-order valence-electron chi connectivity index (χ2n) is 7.93. The highest BCUT2D eigenvalue weighted by Gasteiger charge is 2.43. The Morgan fingerprint density at radius 3 is 2.96 bits per heavy atom. The van der Waals surface area contributed by atoms with Gasteiger partial charge in [-0.15, -0.1) is 0 Å². The molecule has 1 aliphatic carbocycles. The van der Waals surface area contributed by atoms with Gasteiger partial charge in [0.05, 0.1) is 0 Å². The average molecular weight is 329 g/mol. The summed E-state index contributed by atoms with van der Waals surface area (Å²) >= 11 is 0. The third-order valence-corrected chi connectivity index (χ3v) is 6.42. The number of aromatic nitrogens is 2. The Morgan fingerprint density at radius 2 is 2.08 bits per heavy atom. The lowest BCUT2D eigenvalue weighted by Crippen LogP contribution is -2.55. The summed E-state index contributed by atoms with van der Waals surface area (Å²) in [5.41, 5.74) is 2.90. The lowest BCUT2D eigenvalue weighted by Gasteiger charge is -2.47. The number of amides is 1. The first-order valence-corrected chi connectivity index (χ1v) is 9.63. The largest absolute Gasteiger partial charge is 0.337 e. The number of hydrogen-bond acceptors (Lipinski definition) is 4. The summed E-state index contributed by atoms with van der Waals surface area (Å²) in [5.74, 6) is 0.795. The van der Waals surface area contributed by atoms with Crippen LogP contribution < -0.4 is 5.32 Å². The van der Waals surface area contributed by atoms with Gasteiger partial charge in [0, 0.05) is 55.9 Å². The maximum Gasteiger partial charge on any atom is 0.274 e. The van der Waals surface area contributed by atoms with E-state index >= 15 is 0 Å². The molecule has 0 radical (unpaired) electrons. The molecule has 3 aliphatic heterocycles. The van der Waals surface area contributed by atoms with E-state index in [9.17, 15) is 4.79 Å². The van der Waals surface area contributed by atoms with Crippen molar-refractivity contribution in [1.29, 1.82) is 0 Å². The first kappa shape index (κ1) is 14.9. The number of fused-ring (bicyclic) bond motifs is 2. The summed E-state index contributed by atoms with van der Waals surface area (Å²) in [6, 6.07) is 1.56. The summed E-state index contributed by atoms with van der Waals surface area (Å²) in [4.78, 5) is 17.9. The molecule has 2 N–H and O–H groups in total. The first-order chi connectivity index (χ1) is 11.8. The van der Waals surface area contributed by atoms with Gasteiger partial charge < -0.3 is 10.2 Å². The van der Waals surface area contributed by atoms with E-state index in [0.717, 1.165) is 56.3 Å². The lowest BCUT2D eigenvalue weighted by molar-refractivity contribution is 0.0171. The molecule has 2 saturated heterocycles. The van der Waals surface area contributed by atoms with Crippen molar-refractivity contribution in [3.8, 4) is 0 Å². The number of carbonyl (C=O) groups excluding carboxylic acids is 1. The molecule has 0 spiro atoms. The van der Waals surface area contributed by atoms with Crippen LogP contribution in [0.2, 0.25) is 0 Å².